The molecule has 0 aromatic heterocycles. The minimum Gasteiger partial charge on any atom is -0.508 e. The highest BCUT2D eigenvalue weighted by atomic mass is 16.3. The molecule has 0 saturated heterocycles. The van der Waals surface area contributed by atoms with Crippen LogP contribution in [-0.4, -0.2) is 5.11 Å². The Bertz CT molecular complexity index is 1130. The van der Waals surface area contributed by atoms with E-state index in [9.17, 15) is 5.11 Å². The number of fused-ring (bicyclic) bond motifs is 3. The van der Waals surface area contributed by atoms with Crippen LogP contribution < -0.4 is 17.2 Å². The fraction of sp³-hybridized carbons (Fsp3) is 0.0400. The topological polar surface area (TPSA) is 98.3 Å². The lowest BCUT2D eigenvalue weighted by Gasteiger charge is -2.34. The van der Waals surface area contributed by atoms with Crippen molar-refractivity contribution in [1.29, 1.82) is 0 Å². The molecule has 4 nitrogen and oxygen atoms in total. The van der Waals surface area contributed by atoms with Crippen LogP contribution in [0.1, 0.15) is 22.3 Å². The first kappa shape index (κ1) is 17.2. The monoisotopic (exact) mass is 379 g/mol. The molecule has 1 aliphatic carbocycles. The van der Waals surface area contributed by atoms with Gasteiger partial charge in [0.05, 0.1) is 5.41 Å². The lowest BCUT2D eigenvalue weighted by Crippen LogP contribution is -2.28. The predicted molar refractivity (Wildman–Crippen MR) is 119 cm³/mol. The maximum atomic E-state index is 10.4. The number of hydrogen-bond acceptors (Lipinski definition) is 4. The summed E-state index contributed by atoms with van der Waals surface area (Å²) in [5.41, 5.74) is 26.0. The minimum absolute atomic E-state index is 0.222. The van der Waals surface area contributed by atoms with Crippen LogP contribution in [-0.2, 0) is 5.41 Å². The van der Waals surface area contributed by atoms with Crippen LogP contribution >= 0.6 is 0 Å². The number of nitrogens with two attached hydrogens (primary N) is 3. The van der Waals surface area contributed by atoms with Crippen molar-refractivity contribution in [2.45, 2.75) is 5.41 Å². The SMILES string of the molecule is Nc1ccc(C2(c3ccc(N)cc3)c3cc(N)ccc3-c3ccc(O)cc32)cc1. The molecule has 0 radical (unpaired) electrons. The fourth-order valence-corrected chi connectivity index (χ4v) is 4.58. The molecule has 0 amide bonds. The molecular formula is C25H21N3O. The Morgan fingerprint density at radius 1 is 0.517 bits per heavy atom. The lowest BCUT2D eigenvalue weighted by atomic mass is 9.67. The van der Waals surface area contributed by atoms with E-state index in [1.165, 1.54) is 0 Å². The predicted octanol–water partition coefficient (Wildman–Crippen LogP) is 4.50. The van der Waals surface area contributed by atoms with Crippen LogP contribution in [0.3, 0.4) is 0 Å². The molecule has 0 atom stereocenters. The minimum atomic E-state index is -0.639. The van der Waals surface area contributed by atoms with Gasteiger partial charge < -0.3 is 22.3 Å². The van der Waals surface area contributed by atoms with Gasteiger partial charge in [-0.3, -0.25) is 0 Å². The molecule has 142 valence electrons. The third-order valence-electron chi connectivity index (χ3n) is 5.83. The molecule has 4 heteroatoms. The zero-order chi connectivity index (χ0) is 20.2. The summed E-state index contributed by atoms with van der Waals surface area (Å²) in [6.07, 6.45) is 0. The summed E-state index contributed by atoms with van der Waals surface area (Å²) < 4.78 is 0. The van der Waals surface area contributed by atoms with E-state index in [1.54, 1.807) is 6.07 Å². The summed E-state index contributed by atoms with van der Waals surface area (Å²) in [5.74, 6) is 0.222. The molecule has 0 spiro atoms. The quantitative estimate of drug-likeness (QED) is 0.339. The Kier molecular flexibility index (Phi) is 3.58. The van der Waals surface area contributed by atoms with E-state index in [-0.39, 0.29) is 5.75 Å². The molecule has 4 aromatic carbocycles. The van der Waals surface area contributed by atoms with Crippen molar-refractivity contribution in [2.24, 2.45) is 0 Å². The first-order valence-corrected chi connectivity index (χ1v) is 9.46. The molecule has 0 aliphatic heterocycles. The van der Waals surface area contributed by atoms with Gasteiger partial charge in [0, 0.05) is 17.1 Å². The van der Waals surface area contributed by atoms with E-state index < -0.39 is 5.41 Å². The zero-order valence-electron chi connectivity index (χ0n) is 15.8. The summed E-state index contributed by atoms with van der Waals surface area (Å²) in [7, 11) is 0. The normalized spacial score (nSPS) is 13.7. The second kappa shape index (κ2) is 6.04. The molecule has 0 saturated carbocycles. The molecule has 29 heavy (non-hydrogen) atoms. The third kappa shape index (κ3) is 2.39. The summed E-state index contributed by atoms with van der Waals surface area (Å²) >= 11 is 0. The molecule has 7 N–H and O–H groups in total. The van der Waals surface area contributed by atoms with Gasteiger partial charge in [0.1, 0.15) is 5.75 Å². The Labute approximate surface area is 169 Å². The zero-order valence-corrected chi connectivity index (χ0v) is 15.8. The highest BCUT2D eigenvalue weighted by Crippen LogP contribution is 2.57. The van der Waals surface area contributed by atoms with Crippen molar-refractivity contribution in [1.82, 2.24) is 0 Å². The van der Waals surface area contributed by atoms with Crippen molar-refractivity contribution in [2.75, 3.05) is 17.2 Å². The lowest BCUT2D eigenvalue weighted by molar-refractivity contribution is 0.474. The standard InChI is InChI=1S/C25H21N3O/c26-17-5-1-15(2-6-17)25(16-3-7-18(27)8-4-16)23-13-19(28)9-11-21(23)22-12-10-20(29)14-24(22)25/h1-14,29H,26-28H2. The summed E-state index contributed by atoms with van der Waals surface area (Å²) in [6, 6.07) is 27.3. The van der Waals surface area contributed by atoms with Gasteiger partial charge in [-0.15, -0.1) is 0 Å². The number of anilines is 3. The van der Waals surface area contributed by atoms with Crippen molar-refractivity contribution in [3.63, 3.8) is 0 Å². The largest absolute Gasteiger partial charge is 0.508 e. The van der Waals surface area contributed by atoms with E-state index in [0.29, 0.717) is 17.1 Å². The highest BCUT2D eigenvalue weighted by Gasteiger charge is 2.46. The van der Waals surface area contributed by atoms with Gasteiger partial charge in [-0.05, 0) is 81.9 Å². The summed E-state index contributed by atoms with van der Waals surface area (Å²) in [6.45, 7) is 0. The average Bonchev–Trinajstić information content (AvgIpc) is 2.99. The number of hydrogen-bond donors (Lipinski definition) is 4. The Morgan fingerprint density at radius 3 is 1.52 bits per heavy atom. The summed E-state index contributed by atoms with van der Waals surface area (Å²) in [4.78, 5) is 0. The van der Waals surface area contributed by atoms with Crippen LogP contribution in [0.2, 0.25) is 0 Å². The van der Waals surface area contributed by atoms with E-state index in [1.807, 2.05) is 72.8 Å². The smallest absolute Gasteiger partial charge is 0.115 e. The van der Waals surface area contributed by atoms with Gasteiger partial charge in [-0.2, -0.15) is 0 Å². The number of phenolic OH excluding ortho intramolecular Hbond substituents is 1. The second-order valence-electron chi connectivity index (χ2n) is 7.53. The van der Waals surface area contributed by atoms with Gasteiger partial charge >= 0.3 is 0 Å². The van der Waals surface area contributed by atoms with Gasteiger partial charge in [0.2, 0.25) is 0 Å². The van der Waals surface area contributed by atoms with Crippen LogP contribution in [0.25, 0.3) is 11.1 Å². The van der Waals surface area contributed by atoms with Gasteiger partial charge in [0.15, 0.2) is 0 Å². The van der Waals surface area contributed by atoms with Crippen LogP contribution in [0.4, 0.5) is 17.1 Å². The number of benzene rings is 4. The van der Waals surface area contributed by atoms with Crippen molar-refractivity contribution < 1.29 is 5.11 Å². The van der Waals surface area contributed by atoms with E-state index in [4.69, 9.17) is 17.2 Å². The van der Waals surface area contributed by atoms with E-state index in [2.05, 4.69) is 6.07 Å². The Balaban J connectivity index is 1.97. The van der Waals surface area contributed by atoms with Crippen molar-refractivity contribution in [3.05, 3.63) is 107 Å². The molecule has 0 unspecified atom stereocenters. The van der Waals surface area contributed by atoms with E-state index >= 15 is 0 Å². The Hall–Kier alpha value is -3.92. The number of phenols is 1. The van der Waals surface area contributed by atoms with Crippen molar-refractivity contribution >= 4 is 17.1 Å². The van der Waals surface area contributed by atoms with E-state index in [0.717, 1.165) is 33.4 Å². The number of aromatic hydroxyl groups is 1. The van der Waals surface area contributed by atoms with Crippen LogP contribution in [0, 0.1) is 0 Å². The first-order chi connectivity index (χ1) is 14.0. The number of nitrogen functional groups attached to an aromatic ring is 3. The molecule has 1 aliphatic rings. The van der Waals surface area contributed by atoms with Gasteiger partial charge in [0.25, 0.3) is 0 Å². The van der Waals surface area contributed by atoms with Gasteiger partial charge in [-0.25, -0.2) is 0 Å². The average molecular weight is 379 g/mol. The van der Waals surface area contributed by atoms with Crippen LogP contribution in [0.15, 0.2) is 84.9 Å². The first-order valence-electron chi connectivity index (χ1n) is 9.46. The maximum absolute atomic E-state index is 10.4. The third-order valence-corrected chi connectivity index (χ3v) is 5.83. The molecule has 4 aromatic rings. The fourth-order valence-electron chi connectivity index (χ4n) is 4.58. The molecule has 0 bridgehead atoms. The molecular weight excluding hydrogens is 358 g/mol. The number of rotatable bonds is 2. The molecule has 5 rings (SSSR count). The Morgan fingerprint density at radius 2 is 0.966 bits per heavy atom. The summed E-state index contributed by atoms with van der Waals surface area (Å²) in [5, 5.41) is 10.4. The highest BCUT2D eigenvalue weighted by molar-refractivity contribution is 5.88. The van der Waals surface area contributed by atoms with Crippen LogP contribution in [0.5, 0.6) is 5.75 Å². The van der Waals surface area contributed by atoms with Gasteiger partial charge in [-0.1, -0.05) is 36.4 Å². The molecule has 0 fully saturated rings. The van der Waals surface area contributed by atoms with Crippen molar-refractivity contribution in [3.8, 4) is 16.9 Å². The maximum Gasteiger partial charge on any atom is 0.115 e. The second-order valence-corrected chi connectivity index (χ2v) is 7.53. The molecule has 0 heterocycles.